The molecule has 2 heteroatoms. The summed E-state index contributed by atoms with van der Waals surface area (Å²) in [5.74, 6) is 6.66. The van der Waals surface area contributed by atoms with Crippen molar-refractivity contribution in [1.82, 2.24) is 0 Å². The Morgan fingerprint density at radius 2 is 1.38 bits per heavy atom. The van der Waals surface area contributed by atoms with Crippen LogP contribution in [-0.2, 0) is 0 Å². The second-order valence-electron chi connectivity index (χ2n) is 5.82. The summed E-state index contributed by atoms with van der Waals surface area (Å²) in [6.07, 6.45) is 0. The predicted octanol–water partition coefficient (Wildman–Crippen LogP) is 6.81. The molecule has 0 nitrogen and oxygen atoms in total. The fourth-order valence-corrected chi connectivity index (χ4v) is 4.59. The molecule has 0 amide bonds. The summed E-state index contributed by atoms with van der Waals surface area (Å²) in [5, 5.41) is 7.76. The van der Waals surface area contributed by atoms with E-state index < -0.39 is 0 Å². The third-order valence-electron chi connectivity index (χ3n) is 4.42. The van der Waals surface area contributed by atoms with Crippen LogP contribution < -0.4 is 0 Å². The quantitative estimate of drug-likeness (QED) is 0.202. The molecule has 0 N–H and O–H groups in total. The molecular weight excluding hydrogens is 376 g/mol. The largest absolute Gasteiger partial charge is 0.120 e. The molecular formula is C22H11BrS. The molecule has 1 heterocycles. The van der Waals surface area contributed by atoms with Crippen molar-refractivity contribution in [3.8, 4) is 11.8 Å². The Morgan fingerprint density at radius 1 is 0.667 bits per heavy atom. The minimum absolute atomic E-state index is 1.08. The van der Waals surface area contributed by atoms with Crippen molar-refractivity contribution in [2.24, 2.45) is 0 Å². The van der Waals surface area contributed by atoms with Crippen molar-refractivity contribution in [3.05, 3.63) is 81.0 Å². The van der Waals surface area contributed by atoms with Crippen LogP contribution in [0.4, 0.5) is 0 Å². The first-order valence-electron chi connectivity index (χ1n) is 7.73. The van der Waals surface area contributed by atoms with E-state index in [1.54, 1.807) is 11.3 Å². The monoisotopic (exact) mass is 386 g/mol. The van der Waals surface area contributed by atoms with E-state index in [2.05, 4.69) is 88.4 Å². The summed E-state index contributed by atoms with van der Waals surface area (Å²) < 4.78 is 1.11. The van der Waals surface area contributed by atoms with Gasteiger partial charge in [0.05, 0.1) is 8.66 Å². The average Bonchev–Trinajstić information content (AvgIpc) is 3.04. The van der Waals surface area contributed by atoms with Gasteiger partial charge in [-0.1, -0.05) is 60.4 Å². The zero-order chi connectivity index (χ0) is 16.1. The van der Waals surface area contributed by atoms with Crippen LogP contribution in [0.25, 0.3) is 32.3 Å². The van der Waals surface area contributed by atoms with Gasteiger partial charge in [0.2, 0.25) is 0 Å². The lowest BCUT2D eigenvalue weighted by molar-refractivity contribution is 1.74. The summed E-state index contributed by atoms with van der Waals surface area (Å²) in [4.78, 5) is 1.08. The Morgan fingerprint density at radius 3 is 2.12 bits per heavy atom. The number of halogens is 1. The molecule has 0 saturated heterocycles. The normalized spacial score (nSPS) is 11.2. The van der Waals surface area contributed by atoms with Crippen LogP contribution in [0.15, 0.2) is 70.5 Å². The first-order valence-corrected chi connectivity index (χ1v) is 9.34. The van der Waals surface area contributed by atoms with Gasteiger partial charge in [0.25, 0.3) is 0 Å². The number of rotatable bonds is 0. The lowest BCUT2D eigenvalue weighted by atomic mass is 9.92. The highest BCUT2D eigenvalue weighted by Crippen LogP contribution is 2.35. The van der Waals surface area contributed by atoms with Crippen molar-refractivity contribution >= 4 is 59.6 Å². The first kappa shape index (κ1) is 14.0. The van der Waals surface area contributed by atoms with Gasteiger partial charge in [-0.05, 0) is 66.4 Å². The maximum absolute atomic E-state index is 3.49. The molecule has 0 radical (unpaired) electrons. The third kappa shape index (κ3) is 2.13. The average molecular weight is 387 g/mol. The smallest absolute Gasteiger partial charge is 0.0784 e. The highest BCUT2D eigenvalue weighted by molar-refractivity contribution is 9.11. The summed E-state index contributed by atoms with van der Waals surface area (Å²) >= 11 is 5.16. The van der Waals surface area contributed by atoms with Gasteiger partial charge in [-0.3, -0.25) is 0 Å². The highest BCUT2D eigenvalue weighted by Gasteiger charge is 2.09. The molecule has 24 heavy (non-hydrogen) atoms. The highest BCUT2D eigenvalue weighted by atomic mass is 79.9. The first-order chi connectivity index (χ1) is 11.8. The van der Waals surface area contributed by atoms with Crippen LogP contribution in [0.1, 0.15) is 10.4 Å². The van der Waals surface area contributed by atoms with Crippen LogP contribution in [0, 0.1) is 11.8 Å². The summed E-state index contributed by atoms with van der Waals surface area (Å²) in [6.45, 7) is 0. The van der Waals surface area contributed by atoms with Gasteiger partial charge in [-0.15, -0.1) is 11.3 Å². The Bertz CT molecular complexity index is 1250. The Labute approximate surface area is 152 Å². The van der Waals surface area contributed by atoms with E-state index in [9.17, 15) is 0 Å². The van der Waals surface area contributed by atoms with Gasteiger partial charge in [0.1, 0.15) is 0 Å². The molecule has 0 aliphatic rings. The van der Waals surface area contributed by atoms with E-state index in [0.717, 1.165) is 14.2 Å². The molecule has 4 aromatic carbocycles. The standard InChI is InChI=1S/C22H11BrS/c23-20-13-11-18(24-20)10-8-14-4-5-17-7-6-15-2-1-3-16-9-12-19(14)22(17)21(15)16/h1-7,9,11-13H. The number of thiophene rings is 1. The molecule has 112 valence electrons. The van der Waals surface area contributed by atoms with Crippen LogP contribution >= 0.6 is 27.3 Å². The fourth-order valence-electron chi connectivity index (χ4n) is 3.35. The molecule has 0 spiro atoms. The van der Waals surface area contributed by atoms with Crippen molar-refractivity contribution in [3.63, 3.8) is 0 Å². The maximum atomic E-state index is 3.49. The van der Waals surface area contributed by atoms with Gasteiger partial charge < -0.3 is 0 Å². The molecule has 0 aliphatic carbocycles. The van der Waals surface area contributed by atoms with Gasteiger partial charge in [0.15, 0.2) is 0 Å². The van der Waals surface area contributed by atoms with Crippen molar-refractivity contribution in [2.75, 3.05) is 0 Å². The molecule has 5 rings (SSSR count). The minimum atomic E-state index is 1.08. The van der Waals surface area contributed by atoms with Gasteiger partial charge in [-0.25, -0.2) is 0 Å². The van der Waals surface area contributed by atoms with Crippen LogP contribution in [0.5, 0.6) is 0 Å². The van der Waals surface area contributed by atoms with Gasteiger partial charge in [-0.2, -0.15) is 0 Å². The Balaban J connectivity index is 1.83. The van der Waals surface area contributed by atoms with Crippen LogP contribution in [0.3, 0.4) is 0 Å². The zero-order valence-electron chi connectivity index (χ0n) is 12.6. The van der Waals surface area contributed by atoms with Gasteiger partial charge in [0, 0.05) is 5.56 Å². The van der Waals surface area contributed by atoms with E-state index in [0.29, 0.717) is 0 Å². The lowest BCUT2D eigenvalue weighted by Gasteiger charge is -2.11. The van der Waals surface area contributed by atoms with E-state index in [1.807, 2.05) is 6.07 Å². The van der Waals surface area contributed by atoms with E-state index >= 15 is 0 Å². The van der Waals surface area contributed by atoms with Crippen LogP contribution in [-0.4, -0.2) is 0 Å². The van der Waals surface area contributed by atoms with E-state index in [1.165, 1.54) is 32.3 Å². The topological polar surface area (TPSA) is 0 Å². The number of hydrogen-bond donors (Lipinski definition) is 0. The maximum Gasteiger partial charge on any atom is 0.0784 e. The van der Waals surface area contributed by atoms with Gasteiger partial charge >= 0.3 is 0 Å². The molecule has 0 atom stereocenters. The summed E-state index contributed by atoms with van der Waals surface area (Å²) in [5.41, 5.74) is 1.09. The summed E-state index contributed by atoms with van der Waals surface area (Å²) in [7, 11) is 0. The van der Waals surface area contributed by atoms with Crippen molar-refractivity contribution in [1.29, 1.82) is 0 Å². The zero-order valence-corrected chi connectivity index (χ0v) is 15.0. The molecule has 0 aliphatic heterocycles. The van der Waals surface area contributed by atoms with E-state index in [4.69, 9.17) is 0 Å². The molecule has 5 aromatic rings. The van der Waals surface area contributed by atoms with Crippen molar-refractivity contribution < 1.29 is 0 Å². The molecule has 0 bridgehead atoms. The Kier molecular flexibility index (Phi) is 3.13. The fraction of sp³-hybridized carbons (Fsp3) is 0. The SMILES string of the molecule is Brc1ccc(C#Cc2ccc3ccc4cccc5ccc2c3c45)s1. The Hall–Kier alpha value is -2.34. The number of hydrogen-bond acceptors (Lipinski definition) is 1. The van der Waals surface area contributed by atoms with Crippen LogP contribution in [0.2, 0.25) is 0 Å². The third-order valence-corrected chi connectivity index (χ3v) is 5.96. The minimum Gasteiger partial charge on any atom is -0.120 e. The molecule has 1 aromatic heterocycles. The molecule has 0 saturated carbocycles. The second-order valence-corrected chi connectivity index (χ2v) is 8.29. The molecule has 0 fully saturated rings. The second kappa shape index (κ2) is 5.34. The molecule has 0 unspecified atom stereocenters. The van der Waals surface area contributed by atoms with Crippen molar-refractivity contribution in [2.45, 2.75) is 0 Å². The number of benzene rings is 4. The predicted molar refractivity (Wildman–Crippen MR) is 108 cm³/mol. The lowest BCUT2D eigenvalue weighted by Crippen LogP contribution is -1.86. The van der Waals surface area contributed by atoms with E-state index in [-0.39, 0.29) is 0 Å². The summed E-state index contributed by atoms with van der Waals surface area (Å²) in [6, 6.07) is 23.7.